The Morgan fingerprint density at radius 2 is 2.21 bits per heavy atom. The Labute approximate surface area is 88.0 Å². The van der Waals surface area contributed by atoms with E-state index in [-0.39, 0.29) is 6.04 Å². The highest BCUT2D eigenvalue weighted by Crippen LogP contribution is 2.36. The highest BCUT2D eigenvalue weighted by Gasteiger charge is 2.21. The summed E-state index contributed by atoms with van der Waals surface area (Å²) < 4.78 is 5.13. The van der Waals surface area contributed by atoms with E-state index in [1.165, 1.54) is 11.3 Å². The predicted octanol–water partition coefficient (Wildman–Crippen LogP) is 2.20. The number of hydrogen-bond acceptors (Lipinski definition) is 4. The molecule has 0 bridgehead atoms. The molecule has 1 aromatic rings. The van der Waals surface area contributed by atoms with E-state index in [9.17, 15) is 0 Å². The normalized spacial score (nSPS) is 11.9. The van der Waals surface area contributed by atoms with Crippen molar-refractivity contribution in [3.05, 3.63) is 16.3 Å². The molecule has 0 aliphatic carbocycles. The Hall–Kier alpha value is -1.28. The Morgan fingerprint density at radius 3 is 2.64 bits per heavy atom. The van der Waals surface area contributed by atoms with Crippen LogP contribution in [0.25, 0.3) is 4.85 Å². The molecule has 1 unspecified atom stereocenters. The largest absolute Gasteiger partial charge is 0.480 e. The lowest BCUT2D eigenvalue weighted by atomic mass is 10.3. The molecular formula is C9H13N3OS. The number of methoxy groups -OCH3 is 1. The van der Waals surface area contributed by atoms with Crippen LogP contribution in [0, 0.1) is 6.57 Å². The van der Waals surface area contributed by atoms with Crippen LogP contribution in [0.1, 0.15) is 17.8 Å². The van der Waals surface area contributed by atoms with E-state index in [1.54, 1.807) is 7.11 Å². The zero-order valence-electron chi connectivity index (χ0n) is 8.74. The van der Waals surface area contributed by atoms with Gasteiger partial charge in [0.2, 0.25) is 5.88 Å². The quantitative estimate of drug-likeness (QED) is 0.718. The maximum Gasteiger partial charge on any atom is 0.260 e. The second kappa shape index (κ2) is 4.29. The summed E-state index contributed by atoms with van der Waals surface area (Å²) in [5.74, 6) is 0.571. The molecule has 0 aliphatic rings. The molecule has 0 amide bonds. The first-order valence-corrected chi connectivity index (χ1v) is 5.00. The minimum atomic E-state index is -0.184. The van der Waals surface area contributed by atoms with Gasteiger partial charge in [-0.3, -0.25) is 0 Å². The van der Waals surface area contributed by atoms with E-state index >= 15 is 0 Å². The molecule has 1 atom stereocenters. The van der Waals surface area contributed by atoms with Crippen molar-refractivity contribution in [2.75, 3.05) is 26.1 Å². The fraction of sp³-hybridized carbons (Fsp3) is 0.556. The zero-order chi connectivity index (χ0) is 10.7. The van der Waals surface area contributed by atoms with Gasteiger partial charge in [-0.2, -0.15) is 4.98 Å². The lowest BCUT2D eigenvalue weighted by Crippen LogP contribution is -2.07. The first-order valence-electron chi connectivity index (χ1n) is 4.18. The summed E-state index contributed by atoms with van der Waals surface area (Å²) >= 11 is 1.50. The molecule has 1 heterocycles. The summed E-state index contributed by atoms with van der Waals surface area (Å²) in [6, 6.07) is -0.184. The number of thiazole rings is 1. The second-order valence-corrected chi connectivity index (χ2v) is 4.08. The van der Waals surface area contributed by atoms with Crippen molar-refractivity contribution >= 4 is 16.5 Å². The van der Waals surface area contributed by atoms with E-state index in [2.05, 4.69) is 9.83 Å². The topological polar surface area (TPSA) is 29.7 Å². The highest BCUT2D eigenvalue weighted by molar-refractivity contribution is 7.16. The zero-order valence-corrected chi connectivity index (χ0v) is 9.55. The Balaban J connectivity index is 3.10. The minimum Gasteiger partial charge on any atom is -0.480 e. The number of rotatable bonds is 3. The van der Waals surface area contributed by atoms with Gasteiger partial charge in [0, 0.05) is 21.0 Å². The maximum absolute atomic E-state index is 6.97. The molecule has 0 aromatic carbocycles. The molecule has 14 heavy (non-hydrogen) atoms. The van der Waals surface area contributed by atoms with E-state index in [4.69, 9.17) is 11.3 Å². The van der Waals surface area contributed by atoms with E-state index < -0.39 is 0 Å². The molecule has 0 N–H and O–H groups in total. The van der Waals surface area contributed by atoms with Crippen molar-refractivity contribution in [3.63, 3.8) is 0 Å². The average Bonchev–Trinajstić information content (AvgIpc) is 2.60. The fourth-order valence-corrected chi connectivity index (χ4v) is 1.91. The monoisotopic (exact) mass is 211 g/mol. The van der Waals surface area contributed by atoms with Crippen LogP contribution in [-0.2, 0) is 0 Å². The minimum absolute atomic E-state index is 0.184. The third-order valence-electron chi connectivity index (χ3n) is 1.76. The van der Waals surface area contributed by atoms with E-state index in [0.29, 0.717) is 5.88 Å². The summed E-state index contributed by atoms with van der Waals surface area (Å²) in [5, 5.41) is 0.868. The van der Waals surface area contributed by atoms with Gasteiger partial charge in [0.15, 0.2) is 10.0 Å². The Bertz CT molecular complexity index is 353. The SMILES string of the molecule is [C-]#[N+]C(C)c1sc(N(C)C)nc1OC. The van der Waals surface area contributed by atoms with Gasteiger partial charge in [-0.05, 0) is 0 Å². The molecule has 4 nitrogen and oxygen atoms in total. The van der Waals surface area contributed by atoms with Crippen molar-refractivity contribution in [1.29, 1.82) is 0 Å². The standard InChI is InChI=1S/C9H13N3OS/c1-6(10-2)7-8(13-5)11-9(14-7)12(3)4/h6H,1,3-5H3. The molecule has 0 aliphatic heterocycles. The van der Waals surface area contributed by atoms with Crippen LogP contribution in [0.15, 0.2) is 0 Å². The van der Waals surface area contributed by atoms with Crippen LogP contribution in [-0.4, -0.2) is 26.2 Å². The Morgan fingerprint density at radius 1 is 1.57 bits per heavy atom. The first-order chi connectivity index (χ1) is 6.60. The van der Waals surface area contributed by atoms with E-state index in [0.717, 1.165) is 10.0 Å². The number of hydrogen-bond donors (Lipinski definition) is 0. The van der Waals surface area contributed by atoms with Gasteiger partial charge in [-0.15, -0.1) is 0 Å². The number of nitrogens with zero attached hydrogens (tertiary/aromatic N) is 3. The third-order valence-corrected chi connectivity index (χ3v) is 3.13. The molecule has 0 radical (unpaired) electrons. The number of anilines is 1. The van der Waals surface area contributed by atoms with Crippen molar-refractivity contribution in [2.45, 2.75) is 13.0 Å². The van der Waals surface area contributed by atoms with Gasteiger partial charge in [0.25, 0.3) is 6.04 Å². The fourth-order valence-electron chi connectivity index (χ4n) is 0.967. The van der Waals surface area contributed by atoms with Gasteiger partial charge in [-0.25, -0.2) is 6.57 Å². The number of ether oxygens (including phenoxy) is 1. The van der Waals surface area contributed by atoms with Crippen molar-refractivity contribution in [1.82, 2.24) is 4.98 Å². The predicted molar refractivity (Wildman–Crippen MR) is 58.0 cm³/mol. The van der Waals surface area contributed by atoms with E-state index in [1.807, 2.05) is 25.9 Å². The molecule has 1 rings (SSSR count). The van der Waals surface area contributed by atoms with Crippen LogP contribution in [0.5, 0.6) is 5.88 Å². The molecule has 5 heteroatoms. The smallest absolute Gasteiger partial charge is 0.260 e. The average molecular weight is 211 g/mol. The van der Waals surface area contributed by atoms with Crippen LogP contribution >= 0.6 is 11.3 Å². The first kappa shape index (κ1) is 10.8. The number of aromatic nitrogens is 1. The third kappa shape index (κ3) is 1.96. The molecule has 0 fully saturated rings. The lowest BCUT2D eigenvalue weighted by molar-refractivity contribution is 0.395. The summed E-state index contributed by atoms with van der Waals surface area (Å²) in [5.41, 5.74) is 0. The van der Waals surface area contributed by atoms with Crippen LogP contribution in [0.3, 0.4) is 0 Å². The summed E-state index contributed by atoms with van der Waals surface area (Å²) in [6.45, 7) is 8.82. The molecule has 76 valence electrons. The molecular weight excluding hydrogens is 198 g/mol. The van der Waals surface area contributed by atoms with Crippen LogP contribution in [0.4, 0.5) is 5.13 Å². The van der Waals surface area contributed by atoms with Crippen LogP contribution in [0.2, 0.25) is 0 Å². The molecule has 0 spiro atoms. The summed E-state index contributed by atoms with van der Waals surface area (Å²) in [4.78, 5) is 10.5. The van der Waals surface area contributed by atoms with Crippen molar-refractivity contribution in [3.8, 4) is 5.88 Å². The van der Waals surface area contributed by atoms with Gasteiger partial charge in [0.1, 0.15) is 0 Å². The van der Waals surface area contributed by atoms with Crippen molar-refractivity contribution < 1.29 is 4.74 Å². The summed E-state index contributed by atoms with van der Waals surface area (Å²) in [6.07, 6.45) is 0. The van der Waals surface area contributed by atoms with Crippen molar-refractivity contribution in [2.24, 2.45) is 0 Å². The van der Waals surface area contributed by atoms with Gasteiger partial charge < -0.3 is 14.5 Å². The lowest BCUT2D eigenvalue weighted by Gasteiger charge is -2.04. The Kier molecular flexibility index (Phi) is 3.31. The van der Waals surface area contributed by atoms with Gasteiger partial charge in [-0.1, -0.05) is 11.3 Å². The van der Waals surface area contributed by atoms with Gasteiger partial charge in [0.05, 0.1) is 7.11 Å². The highest BCUT2D eigenvalue weighted by atomic mass is 32.1. The van der Waals surface area contributed by atoms with Crippen LogP contribution < -0.4 is 9.64 Å². The molecule has 0 saturated heterocycles. The molecule has 0 saturated carbocycles. The van der Waals surface area contributed by atoms with Gasteiger partial charge >= 0.3 is 0 Å². The molecule has 1 aromatic heterocycles. The summed E-state index contributed by atoms with van der Waals surface area (Å²) in [7, 11) is 5.42. The maximum atomic E-state index is 6.97. The second-order valence-electron chi connectivity index (χ2n) is 3.07.